The van der Waals surface area contributed by atoms with E-state index >= 15 is 0 Å². The van der Waals surface area contributed by atoms with Crippen LogP contribution in [-0.4, -0.2) is 21.7 Å². The highest BCUT2D eigenvalue weighted by atomic mass is 32.1. The Bertz CT molecular complexity index is 538. The fourth-order valence-electron chi connectivity index (χ4n) is 3.25. The maximum absolute atomic E-state index is 5.42. The van der Waals surface area contributed by atoms with E-state index in [4.69, 9.17) is 4.52 Å². The minimum Gasteiger partial charge on any atom is -0.337 e. The Kier molecular flexibility index (Phi) is 2.44. The van der Waals surface area contributed by atoms with Gasteiger partial charge in [0.05, 0.1) is 11.6 Å². The second kappa shape index (κ2) is 4.13. The van der Waals surface area contributed by atoms with Crippen LogP contribution >= 0.6 is 11.3 Å². The summed E-state index contributed by atoms with van der Waals surface area (Å²) in [6.07, 6.45) is 3.94. The molecule has 0 bridgehead atoms. The van der Waals surface area contributed by atoms with Crippen molar-refractivity contribution in [2.45, 2.75) is 25.3 Å². The first-order valence-electron chi connectivity index (χ1n) is 6.37. The van der Waals surface area contributed by atoms with E-state index in [1.54, 1.807) is 16.8 Å². The van der Waals surface area contributed by atoms with Crippen LogP contribution < -0.4 is 5.32 Å². The molecule has 18 heavy (non-hydrogen) atoms. The van der Waals surface area contributed by atoms with Gasteiger partial charge in [-0.2, -0.15) is 4.98 Å². The summed E-state index contributed by atoms with van der Waals surface area (Å²) in [5.74, 6) is 2.81. The molecule has 0 amide bonds. The van der Waals surface area contributed by atoms with Gasteiger partial charge in [0, 0.05) is 5.38 Å². The Balaban J connectivity index is 1.62. The Hall–Kier alpha value is -1.27. The number of thiazole rings is 1. The van der Waals surface area contributed by atoms with Crippen LogP contribution in [0.1, 0.15) is 31.2 Å². The van der Waals surface area contributed by atoms with Crippen molar-refractivity contribution in [1.82, 2.24) is 20.4 Å². The molecule has 3 heterocycles. The van der Waals surface area contributed by atoms with Crippen LogP contribution in [-0.2, 0) is 0 Å². The molecule has 94 valence electrons. The monoisotopic (exact) mass is 262 g/mol. The first-order chi connectivity index (χ1) is 8.92. The zero-order valence-electron chi connectivity index (χ0n) is 9.87. The second-order valence-electron chi connectivity index (χ2n) is 5.07. The van der Waals surface area contributed by atoms with Crippen molar-refractivity contribution in [2.24, 2.45) is 11.8 Å². The summed E-state index contributed by atoms with van der Waals surface area (Å²) in [5.41, 5.74) is 2.59. The molecule has 3 atom stereocenters. The predicted molar refractivity (Wildman–Crippen MR) is 67.0 cm³/mol. The molecule has 1 aliphatic carbocycles. The SMILES string of the molecule is c1nc(-c2noc(C3NCC4CCCC43)n2)cs1. The molecule has 1 N–H and O–H groups in total. The van der Waals surface area contributed by atoms with E-state index < -0.39 is 0 Å². The molecule has 0 radical (unpaired) electrons. The number of nitrogens with zero attached hydrogens (tertiary/aromatic N) is 3. The van der Waals surface area contributed by atoms with Crippen LogP contribution in [0.15, 0.2) is 15.4 Å². The molecule has 1 saturated carbocycles. The summed E-state index contributed by atoms with van der Waals surface area (Å²) in [7, 11) is 0. The molecule has 1 saturated heterocycles. The van der Waals surface area contributed by atoms with Gasteiger partial charge >= 0.3 is 0 Å². The number of nitrogens with one attached hydrogen (secondary N) is 1. The highest BCUT2D eigenvalue weighted by Crippen LogP contribution is 2.44. The number of hydrogen-bond donors (Lipinski definition) is 1. The fraction of sp³-hybridized carbons (Fsp3) is 0.583. The summed E-state index contributed by atoms with van der Waals surface area (Å²) < 4.78 is 5.42. The van der Waals surface area contributed by atoms with E-state index in [1.165, 1.54) is 19.3 Å². The number of rotatable bonds is 2. The van der Waals surface area contributed by atoms with E-state index in [1.807, 2.05) is 5.38 Å². The van der Waals surface area contributed by atoms with Crippen molar-refractivity contribution in [3.8, 4) is 11.5 Å². The quantitative estimate of drug-likeness (QED) is 0.899. The Morgan fingerprint density at radius 3 is 3.28 bits per heavy atom. The van der Waals surface area contributed by atoms with Crippen molar-refractivity contribution in [3.05, 3.63) is 16.8 Å². The molecule has 5 nitrogen and oxygen atoms in total. The number of fused-ring (bicyclic) bond motifs is 1. The maximum Gasteiger partial charge on any atom is 0.244 e. The fourth-order valence-corrected chi connectivity index (χ4v) is 3.78. The van der Waals surface area contributed by atoms with Gasteiger partial charge in [0.1, 0.15) is 5.69 Å². The maximum atomic E-state index is 5.42. The second-order valence-corrected chi connectivity index (χ2v) is 5.79. The van der Waals surface area contributed by atoms with Gasteiger partial charge in [-0.15, -0.1) is 11.3 Å². The van der Waals surface area contributed by atoms with Crippen molar-refractivity contribution in [2.75, 3.05) is 6.54 Å². The normalized spacial score (nSPS) is 30.8. The Labute approximate surface area is 109 Å². The van der Waals surface area contributed by atoms with E-state index in [2.05, 4.69) is 20.4 Å². The van der Waals surface area contributed by atoms with Crippen molar-refractivity contribution in [3.63, 3.8) is 0 Å². The molecule has 4 rings (SSSR count). The average molecular weight is 262 g/mol. The summed E-state index contributed by atoms with van der Waals surface area (Å²) in [4.78, 5) is 8.71. The van der Waals surface area contributed by atoms with Gasteiger partial charge in [0.25, 0.3) is 0 Å². The lowest BCUT2D eigenvalue weighted by molar-refractivity contribution is 0.302. The molecular weight excluding hydrogens is 248 g/mol. The van der Waals surface area contributed by atoms with E-state index in [-0.39, 0.29) is 6.04 Å². The molecule has 2 fully saturated rings. The van der Waals surface area contributed by atoms with Gasteiger partial charge in [-0.3, -0.25) is 0 Å². The topological polar surface area (TPSA) is 63.8 Å². The van der Waals surface area contributed by atoms with Crippen molar-refractivity contribution in [1.29, 1.82) is 0 Å². The van der Waals surface area contributed by atoms with Gasteiger partial charge in [0.15, 0.2) is 0 Å². The summed E-state index contributed by atoms with van der Waals surface area (Å²) in [6.45, 7) is 1.09. The smallest absolute Gasteiger partial charge is 0.244 e. The lowest BCUT2D eigenvalue weighted by atomic mass is 9.94. The van der Waals surface area contributed by atoms with Gasteiger partial charge in [-0.25, -0.2) is 4.98 Å². The van der Waals surface area contributed by atoms with Gasteiger partial charge in [-0.05, 0) is 31.2 Å². The van der Waals surface area contributed by atoms with Crippen molar-refractivity contribution >= 4 is 11.3 Å². The molecular formula is C12H14N4OS. The molecule has 1 aliphatic heterocycles. The highest BCUT2D eigenvalue weighted by molar-refractivity contribution is 7.07. The third-order valence-corrected chi connectivity index (χ3v) is 4.70. The van der Waals surface area contributed by atoms with E-state index in [0.29, 0.717) is 11.7 Å². The lowest BCUT2D eigenvalue weighted by Gasteiger charge is -2.13. The minimum absolute atomic E-state index is 0.248. The van der Waals surface area contributed by atoms with E-state index in [0.717, 1.165) is 24.0 Å². The molecule has 3 unspecified atom stereocenters. The summed E-state index contributed by atoms with van der Waals surface area (Å²) in [5, 5.41) is 9.49. The Morgan fingerprint density at radius 2 is 2.39 bits per heavy atom. The average Bonchev–Trinajstić information content (AvgIpc) is 3.13. The third-order valence-electron chi connectivity index (χ3n) is 4.12. The Morgan fingerprint density at radius 1 is 1.39 bits per heavy atom. The minimum atomic E-state index is 0.248. The number of hydrogen-bond acceptors (Lipinski definition) is 6. The first kappa shape index (κ1) is 10.6. The molecule has 0 aromatic carbocycles. The largest absolute Gasteiger partial charge is 0.337 e. The number of aromatic nitrogens is 3. The summed E-state index contributed by atoms with van der Waals surface area (Å²) >= 11 is 1.54. The van der Waals surface area contributed by atoms with Crippen LogP contribution in [0.3, 0.4) is 0 Å². The van der Waals surface area contributed by atoms with Crippen molar-refractivity contribution < 1.29 is 4.52 Å². The molecule has 6 heteroatoms. The molecule has 0 spiro atoms. The summed E-state index contributed by atoms with van der Waals surface area (Å²) in [6, 6.07) is 0.248. The molecule has 2 aliphatic rings. The first-order valence-corrected chi connectivity index (χ1v) is 7.31. The van der Waals surface area contributed by atoms with Crippen LogP contribution in [0.2, 0.25) is 0 Å². The van der Waals surface area contributed by atoms with Gasteiger partial charge in [-0.1, -0.05) is 11.6 Å². The van der Waals surface area contributed by atoms with Crippen LogP contribution in [0.25, 0.3) is 11.5 Å². The highest BCUT2D eigenvalue weighted by Gasteiger charge is 2.42. The standard InChI is InChI=1S/C12H14N4OS/c1-2-7-4-13-10(8(7)3-1)12-15-11(16-17-12)9-5-18-6-14-9/h5-8,10,13H,1-4H2. The third kappa shape index (κ3) is 1.59. The van der Waals surface area contributed by atoms with Gasteiger partial charge in [0.2, 0.25) is 11.7 Å². The van der Waals surface area contributed by atoms with Crippen LogP contribution in [0, 0.1) is 11.8 Å². The van der Waals surface area contributed by atoms with Crippen LogP contribution in [0.4, 0.5) is 0 Å². The lowest BCUT2D eigenvalue weighted by Crippen LogP contribution is -2.18. The zero-order valence-corrected chi connectivity index (χ0v) is 10.7. The zero-order chi connectivity index (χ0) is 11.9. The van der Waals surface area contributed by atoms with E-state index in [9.17, 15) is 0 Å². The predicted octanol–water partition coefficient (Wildman–Crippen LogP) is 2.25. The molecule has 2 aromatic heterocycles. The molecule has 2 aromatic rings. The van der Waals surface area contributed by atoms with Gasteiger partial charge < -0.3 is 9.84 Å². The van der Waals surface area contributed by atoms with Crippen LogP contribution in [0.5, 0.6) is 0 Å².